The van der Waals surface area contributed by atoms with Crippen LogP contribution in [0.2, 0.25) is 0 Å². The van der Waals surface area contributed by atoms with Gasteiger partial charge in [0.25, 0.3) is 0 Å². The lowest BCUT2D eigenvalue weighted by Gasteiger charge is -2.33. The van der Waals surface area contributed by atoms with Gasteiger partial charge in [-0.3, -0.25) is 14.5 Å². The zero-order chi connectivity index (χ0) is 19.2. The molecular weight excluding hydrogens is 338 g/mol. The molecule has 1 amide bonds. The second-order valence-corrected chi connectivity index (χ2v) is 7.40. The molecule has 0 radical (unpaired) electrons. The molecule has 1 fully saturated rings. The molecule has 144 valence electrons. The van der Waals surface area contributed by atoms with Gasteiger partial charge in [-0.1, -0.05) is 30.7 Å². The van der Waals surface area contributed by atoms with Gasteiger partial charge >= 0.3 is 0 Å². The lowest BCUT2D eigenvalue weighted by atomic mass is 10.0. The summed E-state index contributed by atoms with van der Waals surface area (Å²) in [4.78, 5) is 27.6. The summed E-state index contributed by atoms with van der Waals surface area (Å²) in [5, 5.41) is 2.99. The molecule has 27 heavy (non-hydrogen) atoms. The molecule has 1 atom stereocenters. The number of hydrogen-bond donors (Lipinski definition) is 1. The average molecular weight is 367 g/mol. The molecule has 2 aromatic rings. The highest BCUT2D eigenvalue weighted by Gasteiger charge is 2.19. The Balaban J connectivity index is 1.55. The second-order valence-electron chi connectivity index (χ2n) is 7.40. The maximum absolute atomic E-state index is 12.8. The highest BCUT2D eigenvalue weighted by atomic mass is 16.2. The number of carbonyl (C=O) groups is 2. The van der Waals surface area contributed by atoms with Crippen molar-refractivity contribution in [3.63, 3.8) is 0 Å². The number of aryl methyl sites for hydroxylation is 1. The van der Waals surface area contributed by atoms with Gasteiger partial charge in [-0.15, -0.1) is 0 Å². The van der Waals surface area contributed by atoms with Crippen molar-refractivity contribution in [1.29, 1.82) is 0 Å². The van der Waals surface area contributed by atoms with E-state index in [-0.39, 0.29) is 18.2 Å². The Hall–Kier alpha value is -2.40. The van der Waals surface area contributed by atoms with Crippen LogP contribution < -0.4 is 5.32 Å². The van der Waals surface area contributed by atoms with Gasteiger partial charge in [-0.05, 0) is 50.9 Å². The third-order valence-electron chi connectivity index (χ3n) is 5.43. The first kappa shape index (κ1) is 19.4. The number of benzene rings is 1. The predicted octanol–water partition coefficient (Wildman–Crippen LogP) is 3.02. The third-order valence-corrected chi connectivity index (χ3v) is 5.43. The topological polar surface area (TPSA) is 54.3 Å². The van der Waals surface area contributed by atoms with Crippen LogP contribution in [0, 0.1) is 6.92 Å². The molecule has 5 heteroatoms. The average Bonchev–Trinajstić information content (AvgIpc) is 3.11. The minimum absolute atomic E-state index is 0.0481. The van der Waals surface area contributed by atoms with Crippen LogP contribution in [-0.2, 0) is 11.3 Å². The van der Waals surface area contributed by atoms with Gasteiger partial charge in [0.15, 0.2) is 0 Å². The first-order chi connectivity index (χ1) is 13.1. The fourth-order valence-corrected chi connectivity index (χ4v) is 3.76. The van der Waals surface area contributed by atoms with Crippen LogP contribution in [0.1, 0.15) is 47.8 Å². The summed E-state index contributed by atoms with van der Waals surface area (Å²) in [5.74, 6) is -0.109. The largest absolute Gasteiger partial charge is 0.353 e. The Labute approximate surface area is 161 Å². The molecule has 1 aromatic carbocycles. The molecule has 0 bridgehead atoms. The van der Waals surface area contributed by atoms with Crippen molar-refractivity contribution >= 4 is 11.7 Å². The standard InChI is InChI=1S/C22H29N3O2/c1-17-8-3-4-10-19(17)22(27)20-11-7-14-25(20)16-21(26)23-12-15-24-13-6-5-9-18(24)2/h3-4,7-8,10-11,14,18H,5-6,9,12-13,15-16H2,1-2H3,(H,23,26). The molecule has 1 unspecified atom stereocenters. The molecule has 1 saturated heterocycles. The number of amides is 1. The van der Waals surface area contributed by atoms with Crippen molar-refractivity contribution < 1.29 is 9.59 Å². The minimum Gasteiger partial charge on any atom is -0.353 e. The zero-order valence-electron chi connectivity index (χ0n) is 16.3. The number of piperidine rings is 1. The van der Waals surface area contributed by atoms with E-state index in [2.05, 4.69) is 17.1 Å². The molecule has 1 aliphatic rings. The highest BCUT2D eigenvalue weighted by molar-refractivity contribution is 6.09. The van der Waals surface area contributed by atoms with Gasteiger partial charge < -0.3 is 9.88 Å². The molecule has 0 spiro atoms. The summed E-state index contributed by atoms with van der Waals surface area (Å²) in [6.07, 6.45) is 5.57. The van der Waals surface area contributed by atoms with Gasteiger partial charge in [-0.2, -0.15) is 0 Å². The van der Waals surface area contributed by atoms with E-state index in [1.807, 2.05) is 37.3 Å². The Morgan fingerprint density at radius 2 is 1.96 bits per heavy atom. The number of aromatic nitrogens is 1. The maximum Gasteiger partial charge on any atom is 0.239 e. The Kier molecular flexibility index (Phi) is 6.45. The summed E-state index contributed by atoms with van der Waals surface area (Å²) in [7, 11) is 0. The number of carbonyl (C=O) groups excluding carboxylic acids is 2. The number of rotatable bonds is 7. The van der Waals surface area contributed by atoms with Crippen LogP contribution in [0.25, 0.3) is 0 Å². The summed E-state index contributed by atoms with van der Waals surface area (Å²) in [6, 6.07) is 11.7. The summed E-state index contributed by atoms with van der Waals surface area (Å²) in [6.45, 7) is 6.98. The quantitative estimate of drug-likeness (QED) is 0.766. The SMILES string of the molecule is Cc1ccccc1C(=O)c1cccn1CC(=O)NCCN1CCCCC1C. The molecule has 0 aliphatic carbocycles. The van der Waals surface area contributed by atoms with Crippen LogP contribution in [-0.4, -0.2) is 46.8 Å². The summed E-state index contributed by atoms with van der Waals surface area (Å²) in [5.41, 5.74) is 2.16. The van der Waals surface area contributed by atoms with E-state index in [4.69, 9.17) is 0 Å². The second kappa shape index (κ2) is 9.00. The van der Waals surface area contributed by atoms with E-state index in [0.717, 1.165) is 18.7 Å². The first-order valence-corrected chi connectivity index (χ1v) is 9.82. The normalized spacial score (nSPS) is 17.6. The van der Waals surface area contributed by atoms with Crippen LogP contribution in [0.3, 0.4) is 0 Å². The van der Waals surface area contributed by atoms with Gasteiger partial charge in [-0.25, -0.2) is 0 Å². The predicted molar refractivity (Wildman–Crippen MR) is 107 cm³/mol. The molecule has 1 aliphatic heterocycles. The zero-order valence-corrected chi connectivity index (χ0v) is 16.3. The highest BCUT2D eigenvalue weighted by Crippen LogP contribution is 2.16. The van der Waals surface area contributed by atoms with Gasteiger partial charge in [0.1, 0.15) is 6.54 Å². The van der Waals surface area contributed by atoms with Crippen LogP contribution in [0.4, 0.5) is 0 Å². The molecule has 1 aromatic heterocycles. The van der Waals surface area contributed by atoms with E-state index in [1.165, 1.54) is 19.3 Å². The molecule has 5 nitrogen and oxygen atoms in total. The summed E-state index contributed by atoms with van der Waals surface area (Å²) < 4.78 is 1.73. The van der Waals surface area contributed by atoms with Gasteiger partial charge in [0.05, 0.1) is 5.69 Å². The third kappa shape index (κ3) is 4.86. The number of likely N-dealkylation sites (tertiary alicyclic amines) is 1. The number of nitrogens with one attached hydrogen (secondary N) is 1. The van der Waals surface area contributed by atoms with Crippen LogP contribution >= 0.6 is 0 Å². The number of hydrogen-bond acceptors (Lipinski definition) is 3. The smallest absolute Gasteiger partial charge is 0.239 e. The molecule has 0 saturated carbocycles. The van der Waals surface area contributed by atoms with Crippen molar-refractivity contribution in [2.24, 2.45) is 0 Å². The Morgan fingerprint density at radius 3 is 2.74 bits per heavy atom. The van der Waals surface area contributed by atoms with Crippen molar-refractivity contribution in [3.8, 4) is 0 Å². The number of ketones is 1. The van der Waals surface area contributed by atoms with E-state index < -0.39 is 0 Å². The van der Waals surface area contributed by atoms with Crippen molar-refractivity contribution in [3.05, 3.63) is 59.4 Å². The minimum atomic E-state index is -0.0605. The fourth-order valence-electron chi connectivity index (χ4n) is 3.76. The monoisotopic (exact) mass is 367 g/mol. The molecule has 2 heterocycles. The van der Waals surface area contributed by atoms with E-state index in [0.29, 0.717) is 23.8 Å². The van der Waals surface area contributed by atoms with Crippen molar-refractivity contribution in [2.45, 2.75) is 45.7 Å². The van der Waals surface area contributed by atoms with Crippen molar-refractivity contribution in [1.82, 2.24) is 14.8 Å². The van der Waals surface area contributed by atoms with E-state index in [9.17, 15) is 9.59 Å². The fraction of sp³-hybridized carbons (Fsp3) is 0.455. The van der Waals surface area contributed by atoms with E-state index >= 15 is 0 Å². The Morgan fingerprint density at radius 1 is 1.15 bits per heavy atom. The lowest BCUT2D eigenvalue weighted by Crippen LogP contribution is -2.43. The van der Waals surface area contributed by atoms with Crippen LogP contribution in [0.5, 0.6) is 0 Å². The summed E-state index contributed by atoms with van der Waals surface area (Å²) >= 11 is 0. The maximum atomic E-state index is 12.8. The van der Waals surface area contributed by atoms with E-state index in [1.54, 1.807) is 16.8 Å². The van der Waals surface area contributed by atoms with Crippen molar-refractivity contribution in [2.75, 3.05) is 19.6 Å². The van der Waals surface area contributed by atoms with Gasteiger partial charge in [0, 0.05) is 30.9 Å². The number of nitrogens with zero attached hydrogens (tertiary/aromatic N) is 2. The molecular formula is C22H29N3O2. The lowest BCUT2D eigenvalue weighted by molar-refractivity contribution is -0.121. The molecule has 1 N–H and O–H groups in total. The van der Waals surface area contributed by atoms with Gasteiger partial charge in [0.2, 0.25) is 11.7 Å². The first-order valence-electron chi connectivity index (χ1n) is 9.82. The molecule has 3 rings (SSSR count). The Bertz CT molecular complexity index is 796. The van der Waals surface area contributed by atoms with Crippen LogP contribution in [0.15, 0.2) is 42.6 Å².